The zero-order chi connectivity index (χ0) is 21.1. The maximum absolute atomic E-state index is 9.98. The first-order valence-corrected chi connectivity index (χ1v) is 10.8. The summed E-state index contributed by atoms with van der Waals surface area (Å²) in [4.78, 5) is 11.5. The van der Waals surface area contributed by atoms with Gasteiger partial charge in [0.25, 0.3) is 0 Å². The molecule has 1 aliphatic rings. The van der Waals surface area contributed by atoms with Crippen LogP contribution < -0.4 is 15.5 Å². The highest BCUT2D eigenvalue weighted by Crippen LogP contribution is 2.27. The van der Waals surface area contributed by atoms with Gasteiger partial charge in [0, 0.05) is 48.7 Å². The summed E-state index contributed by atoms with van der Waals surface area (Å²) in [5.74, 6) is 1.91. The first-order chi connectivity index (χ1) is 14.5. The summed E-state index contributed by atoms with van der Waals surface area (Å²) in [5, 5.41) is 18.8. The van der Waals surface area contributed by atoms with Gasteiger partial charge in [-0.05, 0) is 56.0 Å². The van der Waals surface area contributed by atoms with Crippen molar-refractivity contribution < 1.29 is 5.11 Å². The summed E-state index contributed by atoms with van der Waals surface area (Å²) in [6.07, 6.45) is 4.22. The second-order valence-corrected chi connectivity index (χ2v) is 8.57. The molecule has 6 nitrogen and oxygen atoms in total. The van der Waals surface area contributed by atoms with E-state index in [0.717, 1.165) is 48.0 Å². The maximum Gasteiger partial charge on any atom is 0.225 e. The molecule has 3 N–H and O–H groups in total. The highest BCUT2D eigenvalue weighted by atomic mass is 35.5. The van der Waals surface area contributed by atoms with E-state index in [9.17, 15) is 5.11 Å². The third-order valence-corrected chi connectivity index (χ3v) is 5.92. The number of rotatable bonds is 6. The van der Waals surface area contributed by atoms with Crippen molar-refractivity contribution in [2.24, 2.45) is 0 Å². The fraction of sp³-hybridized carbons (Fsp3) is 0.391. The number of anilines is 2. The first kappa shape index (κ1) is 20.7. The molecule has 2 aromatic carbocycles. The molecule has 7 heteroatoms. The number of nitrogens with one attached hydrogen (secondary N) is 2. The number of phenolic OH excluding ortho intramolecular Hbond substituents is 1. The quantitative estimate of drug-likeness (QED) is 0.537. The Balaban J connectivity index is 1.35. The van der Waals surface area contributed by atoms with Crippen molar-refractivity contribution in [3.8, 4) is 5.75 Å². The normalized spacial score (nSPS) is 19.0. The van der Waals surface area contributed by atoms with Crippen molar-refractivity contribution in [3.05, 3.63) is 53.1 Å². The molecular formula is C23H28ClN5O. The van der Waals surface area contributed by atoms with Gasteiger partial charge < -0.3 is 20.6 Å². The molecule has 158 valence electrons. The Bertz CT molecular complexity index is 1020. The molecule has 4 rings (SSSR count). The Kier molecular flexibility index (Phi) is 6.25. The van der Waals surface area contributed by atoms with Crippen molar-refractivity contribution in [2.75, 3.05) is 24.3 Å². The summed E-state index contributed by atoms with van der Waals surface area (Å²) in [6.45, 7) is 0.620. The Morgan fingerprint density at radius 3 is 2.53 bits per heavy atom. The van der Waals surface area contributed by atoms with Gasteiger partial charge in [-0.3, -0.25) is 0 Å². The lowest BCUT2D eigenvalue weighted by molar-refractivity contribution is 0.350. The molecule has 0 bridgehead atoms. The summed E-state index contributed by atoms with van der Waals surface area (Å²) < 4.78 is 0. The first-order valence-electron chi connectivity index (χ1n) is 10.4. The van der Waals surface area contributed by atoms with Crippen molar-refractivity contribution in [1.29, 1.82) is 0 Å². The topological polar surface area (TPSA) is 73.3 Å². The highest BCUT2D eigenvalue weighted by Gasteiger charge is 2.22. The molecule has 0 unspecified atom stereocenters. The average Bonchev–Trinajstić information content (AvgIpc) is 2.74. The minimum Gasteiger partial charge on any atom is -0.508 e. The number of nitrogens with zero attached hydrogens (tertiary/aromatic N) is 3. The molecule has 1 fully saturated rings. The molecule has 1 aliphatic carbocycles. The van der Waals surface area contributed by atoms with Crippen molar-refractivity contribution in [2.45, 2.75) is 44.3 Å². The SMILES string of the molecule is CN(C)c1nc(N[C@H]2CC[C@@H](NCc3cc(Cl)ccc3O)CC2)nc2ccccc12. The van der Waals surface area contributed by atoms with Crippen LogP contribution in [0.2, 0.25) is 5.02 Å². The van der Waals surface area contributed by atoms with Crippen molar-refractivity contribution in [3.63, 3.8) is 0 Å². The van der Waals surface area contributed by atoms with Gasteiger partial charge in [0.15, 0.2) is 0 Å². The molecule has 0 atom stereocenters. The minimum atomic E-state index is 0.285. The van der Waals surface area contributed by atoms with Crippen LogP contribution in [-0.2, 0) is 6.54 Å². The Morgan fingerprint density at radius 1 is 1.03 bits per heavy atom. The lowest BCUT2D eigenvalue weighted by Gasteiger charge is -2.30. The van der Waals surface area contributed by atoms with E-state index in [2.05, 4.69) is 16.7 Å². The summed E-state index contributed by atoms with van der Waals surface area (Å²) >= 11 is 6.04. The second-order valence-electron chi connectivity index (χ2n) is 8.13. The molecule has 1 heterocycles. The molecule has 0 aliphatic heterocycles. The largest absolute Gasteiger partial charge is 0.508 e. The van der Waals surface area contributed by atoms with Gasteiger partial charge in [-0.15, -0.1) is 0 Å². The number of halogens is 1. The third kappa shape index (κ3) is 4.77. The summed E-state index contributed by atoms with van der Waals surface area (Å²) in [7, 11) is 4.01. The van der Waals surface area contributed by atoms with Crippen LogP contribution in [0.3, 0.4) is 0 Å². The fourth-order valence-corrected chi connectivity index (χ4v) is 4.23. The van der Waals surface area contributed by atoms with Gasteiger partial charge in [0.1, 0.15) is 11.6 Å². The molecule has 30 heavy (non-hydrogen) atoms. The maximum atomic E-state index is 9.98. The standard InChI is InChI=1S/C23H28ClN5O/c1-29(2)22-19-5-3-4-6-20(19)27-23(28-22)26-18-10-8-17(9-11-18)25-14-15-13-16(24)7-12-21(15)30/h3-7,12-13,17-18,25,30H,8-11,14H2,1-2H3,(H,26,27,28)/t17-,18+. The van der Waals surface area contributed by atoms with Crippen LogP contribution in [0.4, 0.5) is 11.8 Å². The number of phenols is 1. The number of benzene rings is 2. The Morgan fingerprint density at radius 2 is 1.77 bits per heavy atom. The van der Waals surface area contributed by atoms with Crippen LogP contribution >= 0.6 is 11.6 Å². The number of para-hydroxylation sites is 1. The van der Waals surface area contributed by atoms with Crippen LogP contribution in [0.25, 0.3) is 10.9 Å². The molecule has 0 saturated heterocycles. The van der Waals surface area contributed by atoms with Crippen molar-refractivity contribution in [1.82, 2.24) is 15.3 Å². The van der Waals surface area contributed by atoms with Crippen LogP contribution in [0.15, 0.2) is 42.5 Å². The van der Waals surface area contributed by atoms with Crippen molar-refractivity contribution >= 4 is 34.3 Å². The number of aromatic hydroxyl groups is 1. The van der Waals surface area contributed by atoms with E-state index >= 15 is 0 Å². The van der Waals surface area contributed by atoms with E-state index in [-0.39, 0.29) is 5.75 Å². The predicted molar refractivity (Wildman–Crippen MR) is 123 cm³/mol. The molecular weight excluding hydrogens is 398 g/mol. The molecule has 0 spiro atoms. The second kappa shape index (κ2) is 9.06. The zero-order valence-electron chi connectivity index (χ0n) is 17.4. The number of hydrogen-bond donors (Lipinski definition) is 3. The lowest BCUT2D eigenvalue weighted by Crippen LogP contribution is -2.37. The van der Waals surface area contributed by atoms with E-state index in [1.54, 1.807) is 12.1 Å². The van der Waals surface area contributed by atoms with Crippen LogP contribution in [0.1, 0.15) is 31.2 Å². The van der Waals surface area contributed by atoms with Gasteiger partial charge in [0.2, 0.25) is 5.95 Å². The van der Waals surface area contributed by atoms with Crippen LogP contribution in [-0.4, -0.2) is 41.3 Å². The average molecular weight is 426 g/mol. The van der Waals surface area contributed by atoms with Crippen LogP contribution in [0, 0.1) is 0 Å². The highest BCUT2D eigenvalue weighted by molar-refractivity contribution is 6.30. The van der Waals surface area contributed by atoms with Crippen LogP contribution in [0.5, 0.6) is 5.75 Å². The predicted octanol–water partition coefficient (Wildman–Crippen LogP) is 4.57. The summed E-state index contributed by atoms with van der Waals surface area (Å²) in [5.41, 5.74) is 1.79. The monoisotopic (exact) mass is 425 g/mol. The summed E-state index contributed by atoms with van der Waals surface area (Å²) in [6, 6.07) is 14.1. The van der Waals surface area contributed by atoms with E-state index in [4.69, 9.17) is 21.6 Å². The minimum absolute atomic E-state index is 0.285. The fourth-order valence-electron chi connectivity index (χ4n) is 4.04. The third-order valence-electron chi connectivity index (χ3n) is 5.69. The van der Waals surface area contributed by atoms with Gasteiger partial charge in [-0.25, -0.2) is 4.98 Å². The van der Waals surface area contributed by atoms with E-state index < -0.39 is 0 Å². The smallest absolute Gasteiger partial charge is 0.225 e. The molecule has 3 aromatic rings. The van der Waals surface area contributed by atoms with Gasteiger partial charge in [-0.1, -0.05) is 23.7 Å². The lowest BCUT2D eigenvalue weighted by atomic mass is 9.91. The number of fused-ring (bicyclic) bond motifs is 1. The molecule has 0 amide bonds. The Hall–Kier alpha value is -2.57. The molecule has 1 aromatic heterocycles. The van der Waals surface area contributed by atoms with E-state index in [0.29, 0.717) is 29.6 Å². The Labute approximate surface area is 182 Å². The zero-order valence-corrected chi connectivity index (χ0v) is 18.2. The van der Waals surface area contributed by atoms with Gasteiger partial charge in [-0.2, -0.15) is 4.98 Å². The number of aromatic nitrogens is 2. The van der Waals surface area contributed by atoms with Gasteiger partial charge in [0.05, 0.1) is 5.52 Å². The van der Waals surface area contributed by atoms with Gasteiger partial charge >= 0.3 is 0 Å². The number of hydrogen-bond acceptors (Lipinski definition) is 6. The van der Waals surface area contributed by atoms with E-state index in [1.165, 1.54) is 0 Å². The molecule has 0 radical (unpaired) electrons. The van der Waals surface area contributed by atoms with E-state index in [1.807, 2.05) is 43.3 Å². The molecule has 1 saturated carbocycles.